The number of esters is 1. The van der Waals surface area contributed by atoms with Crippen molar-refractivity contribution in [3.63, 3.8) is 0 Å². The fourth-order valence-corrected chi connectivity index (χ4v) is 3.64. The van der Waals surface area contributed by atoms with Gasteiger partial charge in [0, 0.05) is 13.1 Å². The van der Waals surface area contributed by atoms with E-state index in [1.807, 2.05) is 12.1 Å². The summed E-state index contributed by atoms with van der Waals surface area (Å²) in [5.74, 6) is -1.66. The quantitative estimate of drug-likeness (QED) is 0.547. The molecule has 0 fully saturated rings. The number of nitrogens with zero attached hydrogens (tertiary/aromatic N) is 2. The van der Waals surface area contributed by atoms with Crippen LogP contribution in [0.15, 0.2) is 42.5 Å². The van der Waals surface area contributed by atoms with Gasteiger partial charge in [0.2, 0.25) is 0 Å². The molecule has 3 rings (SSSR count). The molecule has 1 N–H and O–H groups in total. The van der Waals surface area contributed by atoms with E-state index in [1.54, 1.807) is 37.3 Å². The van der Waals surface area contributed by atoms with Gasteiger partial charge in [0.25, 0.3) is 0 Å². The molecule has 2 aromatic carbocycles. The van der Waals surface area contributed by atoms with Crippen LogP contribution in [0.2, 0.25) is 0 Å². The lowest BCUT2D eigenvalue weighted by molar-refractivity contribution is -0.141. The Labute approximate surface area is 170 Å². The molecule has 1 atom stereocenters. The summed E-state index contributed by atoms with van der Waals surface area (Å²) in [6.07, 6.45) is 1.90. The Morgan fingerprint density at radius 1 is 1.28 bits per heavy atom. The Balaban J connectivity index is 1.59. The van der Waals surface area contributed by atoms with Gasteiger partial charge in [-0.15, -0.1) is 0 Å². The van der Waals surface area contributed by atoms with Crippen LogP contribution in [0.5, 0.6) is 0 Å². The highest BCUT2D eigenvalue weighted by Crippen LogP contribution is 2.33. The molecule has 0 amide bonds. The van der Waals surface area contributed by atoms with Crippen LogP contribution in [0.25, 0.3) is 0 Å². The monoisotopic (exact) mass is 392 g/mol. The zero-order chi connectivity index (χ0) is 20.8. The molecule has 2 aromatic rings. The van der Waals surface area contributed by atoms with Gasteiger partial charge in [-0.25, -0.2) is 4.79 Å². The van der Waals surface area contributed by atoms with E-state index in [0.717, 1.165) is 29.8 Å². The third-order valence-electron chi connectivity index (χ3n) is 5.11. The molecule has 1 unspecified atom stereocenters. The second-order valence-corrected chi connectivity index (χ2v) is 7.30. The van der Waals surface area contributed by atoms with Crippen LogP contribution in [0.3, 0.4) is 0 Å². The summed E-state index contributed by atoms with van der Waals surface area (Å²) in [6, 6.07) is 15.0. The molecule has 0 saturated heterocycles. The number of rotatable bonds is 8. The number of fused-ring (bicyclic) bond motifs is 1. The zero-order valence-electron chi connectivity index (χ0n) is 16.4. The first-order chi connectivity index (χ1) is 14.0. The highest BCUT2D eigenvalue weighted by atomic mass is 16.5. The maximum absolute atomic E-state index is 12.0. The average molecular weight is 392 g/mol. The summed E-state index contributed by atoms with van der Waals surface area (Å²) in [5, 5.41) is 18.7. The van der Waals surface area contributed by atoms with E-state index in [4.69, 9.17) is 9.84 Å². The smallest absolute Gasteiger partial charge is 0.338 e. The fraction of sp³-hybridized carbons (Fsp3) is 0.348. The van der Waals surface area contributed by atoms with Gasteiger partial charge in [0.15, 0.2) is 0 Å². The lowest BCUT2D eigenvalue weighted by atomic mass is 9.96. The molecular formula is C23H24N2O4. The first kappa shape index (κ1) is 20.4. The van der Waals surface area contributed by atoms with Crippen molar-refractivity contribution in [1.82, 2.24) is 0 Å². The van der Waals surface area contributed by atoms with E-state index in [1.165, 1.54) is 0 Å². The third kappa shape index (κ3) is 4.94. The molecule has 1 aliphatic heterocycles. The molecule has 1 heterocycles. The lowest BCUT2D eigenvalue weighted by Crippen LogP contribution is -2.24. The Morgan fingerprint density at radius 2 is 2.03 bits per heavy atom. The number of ether oxygens (including phenoxy) is 1. The molecule has 0 bridgehead atoms. The maximum Gasteiger partial charge on any atom is 0.338 e. The van der Waals surface area contributed by atoms with E-state index >= 15 is 0 Å². The van der Waals surface area contributed by atoms with Crippen molar-refractivity contribution >= 4 is 17.6 Å². The van der Waals surface area contributed by atoms with Gasteiger partial charge in [-0.3, -0.25) is 4.79 Å². The van der Waals surface area contributed by atoms with Gasteiger partial charge in [0.1, 0.15) is 6.07 Å². The molecule has 0 aromatic heterocycles. The Hall–Kier alpha value is -3.33. The van der Waals surface area contributed by atoms with Crippen LogP contribution < -0.4 is 4.90 Å². The number of hydrogen-bond acceptors (Lipinski definition) is 5. The normalized spacial score (nSPS) is 13.4. The van der Waals surface area contributed by atoms with Crippen molar-refractivity contribution in [3.05, 3.63) is 64.7 Å². The van der Waals surface area contributed by atoms with E-state index in [-0.39, 0.29) is 5.97 Å². The topological polar surface area (TPSA) is 90.6 Å². The van der Waals surface area contributed by atoms with E-state index in [2.05, 4.69) is 11.0 Å². The molecule has 0 saturated carbocycles. The number of carboxylic acids is 1. The standard InChI is InChI=1S/C23H24N2O4/c1-16(22(26)27)12-17-13-19-8-10-25(21(19)20(14-17)15-24)9-5-11-29-23(28)18-6-3-2-4-7-18/h2-4,6-7,13-14,16H,5,8-12H2,1H3,(H,26,27). The van der Waals surface area contributed by atoms with Crippen molar-refractivity contribution in [2.75, 3.05) is 24.6 Å². The Morgan fingerprint density at radius 3 is 2.72 bits per heavy atom. The summed E-state index contributed by atoms with van der Waals surface area (Å²) in [7, 11) is 0. The second kappa shape index (κ2) is 9.24. The second-order valence-electron chi connectivity index (χ2n) is 7.30. The summed E-state index contributed by atoms with van der Waals surface area (Å²) < 4.78 is 5.33. The van der Waals surface area contributed by atoms with Crippen LogP contribution >= 0.6 is 0 Å². The molecule has 29 heavy (non-hydrogen) atoms. The van der Waals surface area contributed by atoms with Crippen LogP contribution in [0.4, 0.5) is 5.69 Å². The third-order valence-corrected chi connectivity index (χ3v) is 5.11. The van der Waals surface area contributed by atoms with E-state index in [0.29, 0.717) is 37.1 Å². The average Bonchev–Trinajstić information content (AvgIpc) is 3.14. The van der Waals surface area contributed by atoms with E-state index < -0.39 is 11.9 Å². The maximum atomic E-state index is 12.0. The number of aliphatic carboxylic acids is 1. The molecule has 0 spiro atoms. The number of hydrogen-bond donors (Lipinski definition) is 1. The summed E-state index contributed by atoms with van der Waals surface area (Å²) in [6.45, 7) is 3.48. The highest BCUT2D eigenvalue weighted by molar-refractivity contribution is 5.89. The predicted molar refractivity (Wildman–Crippen MR) is 109 cm³/mol. The van der Waals surface area contributed by atoms with Crippen molar-refractivity contribution < 1.29 is 19.4 Å². The van der Waals surface area contributed by atoms with Crippen LogP contribution in [-0.2, 0) is 22.4 Å². The minimum atomic E-state index is -0.837. The van der Waals surface area contributed by atoms with Gasteiger partial charge >= 0.3 is 11.9 Å². The molecule has 6 heteroatoms. The van der Waals surface area contributed by atoms with E-state index in [9.17, 15) is 14.9 Å². The zero-order valence-corrected chi connectivity index (χ0v) is 16.4. The van der Waals surface area contributed by atoms with Gasteiger partial charge < -0.3 is 14.7 Å². The Kier molecular flexibility index (Phi) is 6.50. The van der Waals surface area contributed by atoms with Crippen LogP contribution in [0.1, 0.15) is 40.4 Å². The van der Waals surface area contributed by atoms with Crippen molar-refractivity contribution in [3.8, 4) is 6.07 Å². The number of nitriles is 1. The van der Waals surface area contributed by atoms with Crippen molar-refractivity contribution in [1.29, 1.82) is 5.26 Å². The number of anilines is 1. The van der Waals surface area contributed by atoms with Crippen LogP contribution in [-0.4, -0.2) is 36.7 Å². The number of carbonyl (C=O) groups excluding carboxylic acids is 1. The van der Waals surface area contributed by atoms with Gasteiger partial charge in [-0.1, -0.05) is 31.2 Å². The molecule has 6 nitrogen and oxygen atoms in total. The number of carbonyl (C=O) groups is 2. The first-order valence-electron chi connectivity index (χ1n) is 9.75. The summed E-state index contributed by atoms with van der Waals surface area (Å²) >= 11 is 0. The number of carboxylic acid groups (broad SMARTS) is 1. The first-order valence-corrected chi connectivity index (χ1v) is 9.75. The molecule has 150 valence electrons. The lowest BCUT2D eigenvalue weighted by Gasteiger charge is -2.21. The Bertz CT molecular complexity index is 934. The molecule has 0 radical (unpaired) electrons. The molecular weight excluding hydrogens is 368 g/mol. The SMILES string of the molecule is CC(Cc1cc(C#N)c2c(c1)CCN2CCCOC(=O)c1ccccc1)C(=O)O. The summed E-state index contributed by atoms with van der Waals surface area (Å²) in [4.78, 5) is 25.3. The van der Waals surface area contributed by atoms with Crippen LogP contribution in [0, 0.1) is 17.2 Å². The minimum Gasteiger partial charge on any atom is -0.481 e. The largest absolute Gasteiger partial charge is 0.481 e. The summed E-state index contributed by atoms with van der Waals surface area (Å²) in [5.41, 5.74) is 4.00. The highest BCUT2D eigenvalue weighted by Gasteiger charge is 2.24. The van der Waals surface area contributed by atoms with Gasteiger partial charge in [-0.05, 0) is 48.6 Å². The van der Waals surface area contributed by atoms with Crippen molar-refractivity contribution in [2.24, 2.45) is 5.92 Å². The van der Waals surface area contributed by atoms with Gasteiger partial charge in [0.05, 0.1) is 29.3 Å². The van der Waals surface area contributed by atoms with Gasteiger partial charge in [-0.2, -0.15) is 5.26 Å². The van der Waals surface area contributed by atoms with Crippen molar-refractivity contribution in [2.45, 2.75) is 26.2 Å². The molecule has 0 aliphatic carbocycles. The predicted octanol–water partition coefficient (Wildman–Crippen LogP) is 3.43. The number of benzene rings is 2. The fourth-order valence-electron chi connectivity index (χ4n) is 3.64. The minimum absolute atomic E-state index is 0.315. The molecule has 1 aliphatic rings.